The van der Waals surface area contributed by atoms with Gasteiger partial charge in [-0.2, -0.15) is 0 Å². The predicted molar refractivity (Wildman–Crippen MR) is 46.6 cm³/mol. The maximum atomic E-state index is 10.9. The summed E-state index contributed by atoms with van der Waals surface area (Å²) in [4.78, 5) is 10.9. The molecule has 0 aromatic carbocycles. The van der Waals surface area contributed by atoms with Gasteiger partial charge in [-0.25, -0.2) is 0 Å². The Bertz CT molecular complexity index is 143. The number of esters is 1. The first-order valence-electron chi connectivity index (χ1n) is 4.25. The van der Waals surface area contributed by atoms with E-state index < -0.39 is 6.10 Å². The first kappa shape index (κ1) is 11.4. The van der Waals surface area contributed by atoms with Gasteiger partial charge in [0.1, 0.15) is 0 Å². The molecule has 0 spiro atoms. The highest BCUT2D eigenvalue weighted by Crippen LogP contribution is 2.13. The summed E-state index contributed by atoms with van der Waals surface area (Å²) in [5, 5.41) is 9.43. The van der Waals surface area contributed by atoms with Crippen LogP contribution in [-0.2, 0) is 9.53 Å². The third-order valence-electron chi connectivity index (χ3n) is 1.97. The van der Waals surface area contributed by atoms with Crippen molar-refractivity contribution < 1.29 is 14.6 Å². The van der Waals surface area contributed by atoms with Crippen molar-refractivity contribution in [2.24, 2.45) is 11.8 Å². The zero-order valence-electron chi connectivity index (χ0n) is 8.20. The Labute approximate surface area is 73.7 Å². The Hall–Kier alpha value is -0.570. The molecule has 2 atom stereocenters. The zero-order valence-corrected chi connectivity index (χ0v) is 8.20. The van der Waals surface area contributed by atoms with Crippen LogP contribution in [0.25, 0.3) is 0 Å². The molecule has 3 nitrogen and oxygen atoms in total. The number of hydrogen-bond acceptors (Lipinski definition) is 3. The van der Waals surface area contributed by atoms with Crippen LogP contribution in [0.15, 0.2) is 0 Å². The second-order valence-corrected chi connectivity index (χ2v) is 3.47. The van der Waals surface area contributed by atoms with Crippen LogP contribution in [-0.4, -0.2) is 24.3 Å². The summed E-state index contributed by atoms with van der Waals surface area (Å²) in [5.74, 6) is -0.279. The number of methoxy groups -OCH3 is 1. The van der Waals surface area contributed by atoms with Gasteiger partial charge in [-0.15, -0.1) is 0 Å². The lowest BCUT2D eigenvalue weighted by Gasteiger charge is -2.17. The van der Waals surface area contributed by atoms with Gasteiger partial charge in [-0.3, -0.25) is 4.79 Å². The van der Waals surface area contributed by atoms with Gasteiger partial charge in [0.05, 0.1) is 19.1 Å². The maximum Gasteiger partial charge on any atom is 0.308 e. The van der Waals surface area contributed by atoms with Gasteiger partial charge >= 0.3 is 5.97 Å². The molecule has 0 radical (unpaired) electrons. The minimum Gasteiger partial charge on any atom is -0.469 e. The maximum absolute atomic E-state index is 10.9. The summed E-state index contributed by atoms with van der Waals surface area (Å²) in [6.07, 6.45) is 0.0590. The number of carbonyl (C=O) groups is 1. The molecule has 0 aliphatic rings. The van der Waals surface area contributed by atoms with Gasteiger partial charge in [0.25, 0.3) is 0 Å². The van der Waals surface area contributed by atoms with Gasteiger partial charge in [0.15, 0.2) is 0 Å². The lowest BCUT2D eigenvalue weighted by atomic mass is 9.96. The molecular weight excluding hydrogens is 156 g/mol. The minimum absolute atomic E-state index is 0.192. The van der Waals surface area contributed by atoms with Crippen molar-refractivity contribution in [3.63, 3.8) is 0 Å². The SMILES string of the molecule is COC(=O)C(C)CC(O)C(C)C. The van der Waals surface area contributed by atoms with E-state index in [-0.39, 0.29) is 17.8 Å². The van der Waals surface area contributed by atoms with Crippen LogP contribution in [0.4, 0.5) is 0 Å². The molecule has 72 valence electrons. The van der Waals surface area contributed by atoms with Gasteiger partial charge in [0, 0.05) is 0 Å². The summed E-state index contributed by atoms with van der Waals surface area (Å²) in [6.45, 7) is 5.61. The van der Waals surface area contributed by atoms with E-state index in [2.05, 4.69) is 4.74 Å². The van der Waals surface area contributed by atoms with Crippen LogP contribution in [0.3, 0.4) is 0 Å². The summed E-state index contributed by atoms with van der Waals surface area (Å²) in [5.41, 5.74) is 0. The summed E-state index contributed by atoms with van der Waals surface area (Å²) in [6, 6.07) is 0. The van der Waals surface area contributed by atoms with Crippen LogP contribution in [0.1, 0.15) is 27.2 Å². The third-order valence-corrected chi connectivity index (χ3v) is 1.97. The Balaban J connectivity index is 3.83. The Morgan fingerprint density at radius 2 is 1.92 bits per heavy atom. The summed E-state index contributed by atoms with van der Waals surface area (Å²) >= 11 is 0. The van der Waals surface area contributed by atoms with Crippen molar-refractivity contribution in [1.29, 1.82) is 0 Å². The standard InChI is InChI=1S/C9H18O3/c1-6(2)8(10)5-7(3)9(11)12-4/h6-8,10H,5H2,1-4H3. The van der Waals surface area contributed by atoms with Crippen LogP contribution >= 0.6 is 0 Å². The molecule has 0 heterocycles. The number of rotatable bonds is 4. The van der Waals surface area contributed by atoms with Gasteiger partial charge in [-0.05, 0) is 12.3 Å². The van der Waals surface area contributed by atoms with E-state index in [1.165, 1.54) is 7.11 Å². The van der Waals surface area contributed by atoms with E-state index in [1.54, 1.807) is 6.92 Å². The highest BCUT2D eigenvalue weighted by atomic mass is 16.5. The van der Waals surface area contributed by atoms with Crippen LogP contribution in [0.2, 0.25) is 0 Å². The second-order valence-electron chi connectivity index (χ2n) is 3.47. The quantitative estimate of drug-likeness (QED) is 0.651. The topological polar surface area (TPSA) is 46.5 Å². The van der Waals surface area contributed by atoms with E-state index in [4.69, 9.17) is 0 Å². The van der Waals surface area contributed by atoms with E-state index in [0.717, 1.165) is 0 Å². The molecule has 0 amide bonds. The van der Waals surface area contributed by atoms with Gasteiger partial charge in [0.2, 0.25) is 0 Å². The van der Waals surface area contributed by atoms with E-state index >= 15 is 0 Å². The molecule has 0 aliphatic heterocycles. The molecule has 1 N–H and O–H groups in total. The summed E-state index contributed by atoms with van der Waals surface area (Å²) in [7, 11) is 1.36. The molecule has 0 saturated heterocycles. The van der Waals surface area contributed by atoms with Gasteiger partial charge < -0.3 is 9.84 Å². The molecule has 0 saturated carbocycles. The van der Waals surface area contributed by atoms with Gasteiger partial charge in [-0.1, -0.05) is 20.8 Å². The highest BCUT2D eigenvalue weighted by molar-refractivity contribution is 5.71. The van der Waals surface area contributed by atoms with Crippen LogP contribution in [0.5, 0.6) is 0 Å². The third kappa shape index (κ3) is 3.72. The highest BCUT2D eigenvalue weighted by Gasteiger charge is 2.19. The number of ether oxygens (including phenoxy) is 1. The molecular formula is C9H18O3. The van der Waals surface area contributed by atoms with E-state index in [9.17, 15) is 9.90 Å². The Morgan fingerprint density at radius 3 is 2.25 bits per heavy atom. The van der Waals surface area contributed by atoms with Crippen LogP contribution in [0, 0.1) is 11.8 Å². The van der Waals surface area contributed by atoms with Crippen molar-refractivity contribution >= 4 is 5.97 Å². The summed E-state index contributed by atoms with van der Waals surface area (Å²) < 4.78 is 4.54. The number of aliphatic hydroxyl groups excluding tert-OH is 1. The van der Waals surface area contributed by atoms with E-state index in [0.29, 0.717) is 6.42 Å². The van der Waals surface area contributed by atoms with E-state index in [1.807, 2.05) is 13.8 Å². The first-order chi connectivity index (χ1) is 5.49. The second kappa shape index (κ2) is 5.14. The molecule has 2 unspecified atom stereocenters. The normalized spacial score (nSPS) is 15.8. The Morgan fingerprint density at radius 1 is 1.42 bits per heavy atom. The first-order valence-corrected chi connectivity index (χ1v) is 4.25. The number of carbonyl (C=O) groups excluding carboxylic acids is 1. The molecule has 0 fully saturated rings. The zero-order chi connectivity index (χ0) is 9.72. The largest absolute Gasteiger partial charge is 0.469 e. The monoisotopic (exact) mass is 174 g/mol. The van der Waals surface area contributed by atoms with Crippen molar-refractivity contribution in [2.45, 2.75) is 33.3 Å². The molecule has 0 rings (SSSR count). The van der Waals surface area contributed by atoms with Crippen LogP contribution < -0.4 is 0 Å². The molecule has 0 aromatic rings. The molecule has 0 aliphatic carbocycles. The van der Waals surface area contributed by atoms with Crippen molar-refractivity contribution in [2.75, 3.05) is 7.11 Å². The molecule has 3 heteroatoms. The fraction of sp³-hybridized carbons (Fsp3) is 0.889. The molecule has 0 bridgehead atoms. The average Bonchev–Trinajstić information content (AvgIpc) is 2.02. The lowest BCUT2D eigenvalue weighted by molar-refractivity contribution is -0.146. The fourth-order valence-electron chi connectivity index (χ4n) is 0.932. The predicted octanol–water partition coefficient (Wildman–Crippen LogP) is 1.20. The number of hydrogen-bond donors (Lipinski definition) is 1. The number of aliphatic hydroxyl groups is 1. The smallest absolute Gasteiger partial charge is 0.308 e. The van der Waals surface area contributed by atoms with Crippen molar-refractivity contribution in [1.82, 2.24) is 0 Å². The average molecular weight is 174 g/mol. The molecule has 12 heavy (non-hydrogen) atoms. The fourth-order valence-corrected chi connectivity index (χ4v) is 0.932. The molecule has 0 aromatic heterocycles. The van der Waals surface area contributed by atoms with Crippen molar-refractivity contribution in [3.8, 4) is 0 Å². The van der Waals surface area contributed by atoms with Crippen molar-refractivity contribution in [3.05, 3.63) is 0 Å². The Kier molecular flexibility index (Phi) is 4.90. The minimum atomic E-state index is -0.418. The lowest BCUT2D eigenvalue weighted by Crippen LogP contribution is -2.23.